The minimum atomic E-state index is -0.942. The molecule has 0 radical (unpaired) electrons. The second-order valence-corrected chi connectivity index (χ2v) is 4.40. The minimum absolute atomic E-state index is 0.0288. The molecule has 1 aliphatic rings. The molecule has 1 aromatic rings. The van der Waals surface area contributed by atoms with E-state index in [2.05, 4.69) is 6.92 Å². The Labute approximate surface area is 101 Å². The van der Waals surface area contributed by atoms with Gasteiger partial charge in [-0.05, 0) is 43.0 Å². The zero-order chi connectivity index (χ0) is 12.5. The molecule has 1 unspecified atom stereocenters. The molecular weight excluding hydrogens is 216 g/mol. The quantitative estimate of drug-likeness (QED) is 0.785. The Hall–Kier alpha value is -1.35. The van der Waals surface area contributed by atoms with E-state index in [0.717, 1.165) is 30.4 Å². The van der Waals surface area contributed by atoms with Crippen molar-refractivity contribution in [2.75, 3.05) is 7.11 Å². The largest absolute Gasteiger partial charge is 0.465 e. The van der Waals surface area contributed by atoms with Gasteiger partial charge in [-0.1, -0.05) is 13.3 Å². The van der Waals surface area contributed by atoms with Crippen molar-refractivity contribution >= 4 is 5.78 Å². The first-order valence-electron chi connectivity index (χ1n) is 6.02. The van der Waals surface area contributed by atoms with Crippen molar-refractivity contribution in [1.29, 1.82) is 0 Å². The van der Waals surface area contributed by atoms with Gasteiger partial charge in [-0.25, -0.2) is 0 Å². The van der Waals surface area contributed by atoms with Gasteiger partial charge in [0.05, 0.1) is 6.26 Å². The molecule has 1 aromatic heterocycles. The highest BCUT2D eigenvalue weighted by Crippen LogP contribution is 2.48. The number of ketones is 1. The molecule has 0 spiro atoms. The fourth-order valence-corrected chi connectivity index (χ4v) is 2.51. The Kier molecular flexibility index (Phi) is 3.20. The van der Waals surface area contributed by atoms with E-state index in [1.807, 2.05) is 6.92 Å². The van der Waals surface area contributed by atoms with Gasteiger partial charge in [0.2, 0.25) is 11.4 Å². The van der Waals surface area contributed by atoms with Crippen LogP contribution in [-0.2, 0) is 15.1 Å². The van der Waals surface area contributed by atoms with Gasteiger partial charge in [0.25, 0.3) is 0 Å². The first-order valence-corrected chi connectivity index (χ1v) is 6.02. The standard InChI is InChI=1S/C14H18O3/c1-4-5-7-11-10(2)13(15)14(11,16-3)12-8-6-9-17-12/h6,8-9H,4-5,7H2,1-3H3. The summed E-state index contributed by atoms with van der Waals surface area (Å²) >= 11 is 0. The number of hydrogen-bond acceptors (Lipinski definition) is 3. The Balaban J connectivity index is 2.39. The molecule has 0 fully saturated rings. The Morgan fingerprint density at radius 2 is 2.24 bits per heavy atom. The second-order valence-electron chi connectivity index (χ2n) is 4.40. The van der Waals surface area contributed by atoms with Gasteiger partial charge < -0.3 is 9.15 Å². The maximum atomic E-state index is 12.1. The molecule has 92 valence electrons. The van der Waals surface area contributed by atoms with Crippen LogP contribution in [-0.4, -0.2) is 12.9 Å². The predicted octanol–water partition coefficient (Wildman–Crippen LogP) is 3.21. The molecule has 0 N–H and O–H groups in total. The fraction of sp³-hybridized carbons (Fsp3) is 0.500. The van der Waals surface area contributed by atoms with E-state index in [0.29, 0.717) is 5.76 Å². The summed E-state index contributed by atoms with van der Waals surface area (Å²) in [4.78, 5) is 12.1. The Morgan fingerprint density at radius 1 is 1.47 bits per heavy atom. The number of unbranched alkanes of at least 4 members (excludes halogenated alkanes) is 1. The summed E-state index contributed by atoms with van der Waals surface area (Å²) in [6.07, 6.45) is 4.63. The summed E-state index contributed by atoms with van der Waals surface area (Å²) < 4.78 is 10.9. The number of rotatable bonds is 5. The molecule has 0 bridgehead atoms. The van der Waals surface area contributed by atoms with Gasteiger partial charge in [-0.3, -0.25) is 4.79 Å². The highest BCUT2D eigenvalue weighted by molar-refractivity contribution is 6.12. The Morgan fingerprint density at radius 3 is 2.76 bits per heavy atom. The molecule has 1 heterocycles. The summed E-state index contributed by atoms with van der Waals surface area (Å²) in [5.74, 6) is 0.628. The van der Waals surface area contributed by atoms with Crippen LogP contribution in [0.5, 0.6) is 0 Å². The molecule has 1 aliphatic carbocycles. The van der Waals surface area contributed by atoms with Crippen LogP contribution >= 0.6 is 0 Å². The maximum Gasteiger partial charge on any atom is 0.209 e. The lowest BCUT2D eigenvalue weighted by atomic mass is 9.69. The van der Waals surface area contributed by atoms with E-state index in [-0.39, 0.29) is 5.78 Å². The highest BCUT2D eigenvalue weighted by Gasteiger charge is 2.55. The summed E-state index contributed by atoms with van der Waals surface area (Å²) in [5, 5.41) is 0. The van der Waals surface area contributed by atoms with E-state index in [1.165, 1.54) is 0 Å². The van der Waals surface area contributed by atoms with E-state index in [4.69, 9.17) is 9.15 Å². The average molecular weight is 234 g/mol. The number of Topliss-reactive ketones (excluding diaryl/α,β-unsaturated/α-hetero) is 1. The highest BCUT2D eigenvalue weighted by atomic mass is 16.5. The zero-order valence-electron chi connectivity index (χ0n) is 10.6. The monoisotopic (exact) mass is 234 g/mol. The lowest BCUT2D eigenvalue weighted by Crippen LogP contribution is -2.49. The van der Waals surface area contributed by atoms with Gasteiger partial charge in [0.15, 0.2) is 0 Å². The molecule has 3 nitrogen and oxygen atoms in total. The van der Waals surface area contributed by atoms with Crippen LogP contribution in [0.3, 0.4) is 0 Å². The van der Waals surface area contributed by atoms with E-state index < -0.39 is 5.60 Å². The number of ether oxygens (including phenoxy) is 1. The van der Waals surface area contributed by atoms with Crippen molar-refractivity contribution < 1.29 is 13.9 Å². The molecule has 0 saturated heterocycles. The third-order valence-electron chi connectivity index (χ3n) is 3.49. The van der Waals surface area contributed by atoms with E-state index >= 15 is 0 Å². The topological polar surface area (TPSA) is 39.4 Å². The van der Waals surface area contributed by atoms with Crippen molar-refractivity contribution in [3.05, 3.63) is 35.3 Å². The lowest BCUT2D eigenvalue weighted by Gasteiger charge is -2.40. The summed E-state index contributed by atoms with van der Waals surface area (Å²) in [6, 6.07) is 3.59. The van der Waals surface area contributed by atoms with Gasteiger partial charge in [-0.15, -0.1) is 0 Å². The zero-order valence-corrected chi connectivity index (χ0v) is 10.6. The SMILES string of the molecule is CCCCC1=C(C)C(=O)C1(OC)c1ccco1. The number of carbonyl (C=O) groups excluding carboxylic acids is 1. The Bertz CT molecular complexity index is 442. The number of methoxy groups -OCH3 is 1. The molecule has 3 heteroatoms. The molecule has 0 saturated carbocycles. The average Bonchev–Trinajstić information content (AvgIpc) is 2.87. The van der Waals surface area contributed by atoms with Crippen molar-refractivity contribution in [3.8, 4) is 0 Å². The fourth-order valence-electron chi connectivity index (χ4n) is 2.51. The van der Waals surface area contributed by atoms with Crippen molar-refractivity contribution in [2.24, 2.45) is 0 Å². The maximum absolute atomic E-state index is 12.1. The van der Waals surface area contributed by atoms with E-state index in [9.17, 15) is 4.79 Å². The van der Waals surface area contributed by atoms with Crippen molar-refractivity contribution in [1.82, 2.24) is 0 Å². The summed E-state index contributed by atoms with van der Waals surface area (Å²) in [6.45, 7) is 4.01. The van der Waals surface area contributed by atoms with E-state index in [1.54, 1.807) is 25.5 Å². The molecule has 17 heavy (non-hydrogen) atoms. The van der Waals surface area contributed by atoms with Crippen molar-refractivity contribution in [2.45, 2.75) is 38.7 Å². The molecule has 1 atom stereocenters. The summed E-state index contributed by atoms with van der Waals surface area (Å²) in [7, 11) is 1.57. The van der Waals surface area contributed by atoms with Gasteiger partial charge in [-0.2, -0.15) is 0 Å². The molecule has 0 aliphatic heterocycles. The van der Waals surface area contributed by atoms with Gasteiger partial charge >= 0.3 is 0 Å². The number of carbonyl (C=O) groups is 1. The van der Waals surface area contributed by atoms with Crippen LogP contribution in [0.25, 0.3) is 0 Å². The second kappa shape index (κ2) is 4.49. The van der Waals surface area contributed by atoms with Crippen LogP contribution in [0.15, 0.2) is 34.0 Å². The number of furan rings is 1. The lowest BCUT2D eigenvalue weighted by molar-refractivity contribution is -0.141. The molecule has 0 aromatic carbocycles. The first-order chi connectivity index (χ1) is 8.18. The third-order valence-corrected chi connectivity index (χ3v) is 3.49. The first kappa shape index (κ1) is 12.1. The smallest absolute Gasteiger partial charge is 0.209 e. The van der Waals surface area contributed by atoms with Crippen LogP contribution in [0.4, 0.5) is 0 Å². The predicted molar refractivity (Wildman–Crippen MR) is 64.6 cm³/mol. The van der Waals surface area contributed by atoms with Crippen LogP contribution < -0.4 is 0 Å². The normalized spacial score (nSPS) is 24.1. The molecule has 2 rings (SSSR count). The van der Waals surface area contributed by atoms with Gasteiger partial charge in [0.1, 0.15) is 5.76 Å². The van der Waals surface area contributed by atoms with Crippen LogP contribution in [0.2, 0.25) is 0 Å². The summed E-state index contributed by atoms with van der Waals surface area (Å²) in [5.41, 5.74) is 0.960. The number of hydrogen-bond donors (Lipinski definition) is 0. The third kappa shape index (κ3) is 1.57. The minimum Gasteiger partial charge on any atom is -0.465 e. The van der Waals surface area contributed by atoms with Gasteiger partial charge in [0, 0.05) is 7.11 Å². The van der Waals surface area contributed by atoms with Crippen LogP contribution in [0.1, 0.15) is 38.9 Å². The van der Waals surface area contributed by atoms with Crippen molar-refractivity contribution in [3.63, 3.8) is 0 Å². The molecule has 0 amide bonds. The molecular formula is C14H18O3. The van der Waals surface area contributed by atoms with Crippen LogP contribution in [0, 0.1) is 0 Å².